The van der Waals surface area contributed by atoms with Gasteiger partial charge in [-0.1, -0.05) is 0 Å². The molecule has 1 aliphatic rings. The number of carbonyl (C=O) groups excluding carboxylic acids is 1. The number of primary amides is 1. The second-order valence-corrected chi connectivity index (χ2v) is 4.11. The second kappa shape index (κ2) is 4.72. The maximum atomic E-state index is 10.5. The molecular formula is C9H19N3O2. The monoisotopic (exact) mass is 201 g/mol. The van der Waals surface area contributed by atoms with E-state index in [0.29, 0.717) is 26.1 Å². The number of hydrogen-bond acceptors (Lipinski definition) is 4. The van der Waals surface area contributed by atoms with Crippen molar-refractivity contribution in [3.63, 3.8) is 0 Å². The summed E-state index contributed by atoms with van der Waals surface area (Å²) in [7, 11) is 1.89. The third kappa shape index (κ3) is 3.61. The van der Waals surface area contributed by atoms with E-state index in [1.807, 2.05) is 11.9 Å². The SMILES string of the molecule is CN(CCC(N)=O)CC1(O)CCNC1. The highest BCUT2D eigenvalue weighted by molar-refractivity contribution is 5.73. The minimum absolute atomic E-state index is 0.298. The van der Waals surface area contributed by atoms with E-state index in [1.54, 1.807) is 0 Å². The molecule has 1 atom stereocenters. The first-order chi connectivity index (χ1) is 6.52. The van der Waals surface area contributed by atoms with Crippen molar-refractivity contribution in [1.82, 2.24) is 10.2 Å². The van der Waals surface area contributed by atoms with Crippen LogP contribution in [0.3, 0.4) is 0 Å². The van der Waals surface area contributed by atoms with Crippen molar-refractivity contribution in [2.45, 2.75) is 18.4 Å². The number of aliphatic hydroxyl groups is 1. The van der Waals surface area contributed by atoms with Crippen LogP contribution in [0.4, 0.5) is 0 Å². The van der Waals surface area contributed by atoms with E-state index in [4.69, 9.17) is 5.73 Å². The summed E-state index contributed by atoms with van der Waals surface area (Å²) in [6.45, 7) is 2.69. The average molecular weight is 201 g/mol. The van der Waals surface area contributed by atoms with Crippen molar-refractivity contribution in [1.29, 1.82) is 0 Å². The third-order valence-corrected chi connectivity index (χ3v) is 2.53. The van der Waals surface area contributed by atoms with E-state index < -0.39 is 5.60 Å². The van der Waals surface area contributed by atoms with Crippen molar-refractivity contribution in [2.24, 2.45) is 5.73 Å². The number of carbonyl (C=O) groups is 1. The summed E-state index contributed by atoms with van der Waals surface area (Å²) in [5.74, 6) is -0.298. The lowest BCUT2D eigenvalue weighted by atomic mass is 10.0. The standard InChI is InChI=1S/C9H19N3O2/c1-12(5-2-8(10)13)7-9(14)3-4-11-6-9/h11,14H,2-7H2,1H3,(H2,10,13). The molecule has 1 unspecified atom stereocenters. The van der Waals surface area contributed by atoms with Gasteiger partial charge in [0.1, 0.15) is 0 Å². The van der Waals surface area contributed by atoms with Crippen LogP contribution in [-0.2, 0) is 4.79 Å². The van der Waals surface area contributed by atoms with E-state index in [-0.39, 0.29) is 5.91 Å². The second-order valence-electron chi connectivity index (χ2n) is 4.11. The van der Waals surface area contributed by atoms with Gasteiger partial charge in [-0.05, 0) is 20.0 Å². The summed E-state index contributed by atoms with van der Waals surface area (Å²) in [5, 5.41) is 13.1. The van der Waals surface area contributed by atoms with Gasteiger partial charge in [0.25, 0.3) is 0 Å². The minimum Gasteiger partial charge on any atom is -0.387 e. The van der Waals surface area contributed by atoms with Gasteiger partial charge < -0.3 is 21.1 Å². The molecule has 4 N–H and O–H groups in total. The van der Waals surface area contributed by atoms with Gasteiger partial charge in [-0.15, -0.1) is 0 Å². The number of nitrogens with zero attached hydrogens (tertiary/aromatic N) is 1. The number of β-amino-alcohol motifs (C(OH)–C–C–N with tert-alkyl or cyclic N) is 1. The Kier molecular flexibility index (Phi) is 3.86. The van der Waals surface area contributed by atoms with Crippen LogP contribution in [0.1, 0.15) is 12.8 Å². The van der Waals surface area contributed by atoms with Gasteiger partial charge in [-0.2, -0.15) is 0 Å². The van der Waals surface area contributed by atoms with Crippen LogP contribution in [0.25, 0.3) is 0 Å². The van der Waals surface area contributed by atoms with Gasteiger partial charge in [0.15, 0.2) is 0 Å². The summed E-state index contributed by atoms with van der Waals surface area (Å²) in [6, 6.07) is 0. The average Bonchev–Trinajstić information content (AvgIpc) is 2.48. The zero-order valence-corrected chi connectivity index (χ0v) is 8.62. The first-order valence-corrected chi connectivity index (χ1v) is 4.92. The summed E-state index contributed by atoms with van der Waals surface area (Å²) in [4.78, 5) is 12.5. The molecule has 1 aliphatic heterocycles. The molecule has 0 bridgehead atoms. The molecule has 0 saturated carbocycles. The van der Waals surface area contributed by atoms with Crippen molar-refractivity contribution in [3.8, 4) is 0 Å². The zero-order valence-electron chi connectivity index (χ0n) is 8.62. The molecule has 14 heavy (non-hydrogen) atoms. The van der Waals surface area contributed by atoms with Gasteiger partial charge in [-0.3, -0.25) is 4.79 Å². The molecule has 1 rings (SSSR count). The summed E-state index contributed by atoms with van der Waals surface area (Å²) >= 11 is 0. The lowest BCUT2D eigenvalue weighted by Crippen LogP contribution is -2.43. The van der Waals surface area contributed by atoms with Gasteiger partial charge >= 0.3 is 0 Å². The van der Waals surface area contributed by atoms with Crippen LogP contribution in [0, 0.1) is 0 Å². The predicted molar refractivity (Wildman–Crippen MR) is 53.7 cm³/mol. The molecule has 82 valence electrons. The van der Waals surface area contributed by atoms with E-state index in [2.05, 4.69) is 5.32 Å². The quantitative estimate of drug-likeness (QED) is 0.507. The number of amides is 1. The first-order valence-electron chi connectivity index (χ1n) is 4.92. The van der Waals surface area contributed by atoms with Crippen molar-refractivity contribution >= 4 is 5.91 Å². The molecule has 0 aromatic heterocycles. The van der Waals surface area contributed by atoms with Crippen molar-refractivity contribution in [3.05, 3.63) is 0 Å². The van der Waals surface area contributed by atoms with E-state index in [0.717, 1.165) is 13.0 Å². The molecule has 0 aromatic rings. The fourth-order valence-electron chi connectivity index (χ4n) is 1.75. The summed E-state index contributed by atoms with van der Waals surface area (Å²) in [6.07, 6.45) is 1.12. The normalized spacial score (nSPS) is 27.1. The number of rotatable bonds is 5. The molecule has 0 aliphatic carbocycles. The molecule has 5 heteroatoms. The third-order valence-electron chi connectivity index (χ3n) is 2.53. The van der Waals surface area contributed by atoms with Crippen LogP contribution in [0.2, 0.25) is 0 Å². The Bertz CT molecular complexity index is 202. The molecule has 1 heterocycles. The van der Waals surface area contributed by atoms with Gasteiger partial charge in [0, 0.05) is 26.1 Å². The molecule has 1 amide bonds. The first kappa shape index (κ1) is 11.4. The van der Waals surface area contributed by atoms with E-state index in [1.165, 1.54) is 0 Å². The number of nitrogens with two attached hydrogens (primary N) is 1. The smallest absolute Gasteiger partial charge is 0.218 e. The van der Waals surface area contributed by atoms with Crippen LogP contribution in [0.5, 0.6) is 0 Å². The van der Waals surface area contributed by atoms with E-state index in [9.17, 15) is 9.90 Å². The van der Waals surface area contributed by atoms with Gasteiger partial charge in [-0.25, -0.2) is 0 Å². The predicted octanol–water partition coefficient (Wildman–Crippen LogP) is -1.48. The largest absolute Gasteiger partial charge is 0.387 e. The Morgan fingerprint density at radius 2 is 2.43 bits per heavy atom. The molecule has 0 aromatic carbocycles. The fourth-order valence-corrected chi connectivity index (χ4v) is 1.75. The molecule has 0 radical (unpaired) electrons. The number of likely N-dealkylation sites (N-methyl/N-ethyl adjacent to an activating group) is 1. The Labute approximate surface area is 84.3 Å². The lowest BCUT2D eigenvalue weighted by molar-refractivity contribution is -0.118. The Morgan fingerprint density at radius 1 is 1.71 bits per heavy atom. The molecule has 0 spiro atoms. The molecule has 1 fully saturated rings. The maximum Gasteiger partial charge on any atom is 0.218 e. The topological polar surface area (TPSA) is 78.6 Å². The maximum absolute atomic E-state index is 10.5. The van der Waals surface area contributed by atoms with Crippen LogP contribution in [-0.4, -0.2) is 54.7 Å². The van der Waals surface area contributed by atoms with Crippen molar-refractivity contribution in [2.75, 3.05) is 33.2 Å². The number of nitrogens with one attached hydrogen (secondary N) is 1. The molecule has 1 saturated heterocycles. The lowest BCUT2D eigenvalue weighted by Gasteiger charge is -2.27. The summed E-state index contributed by atoms with van der Waals surface area (Å²) in [5.41, 5.74) is 4.41. The molecule has 5 nitrogen and oxygen atoms in total. The van der Waals surface area contributed by atoms with Crippen LogP contribution in [0.15, 0.2) is 0 Å². The van der Waals surface area contributed by atoms with Crippen molar-refractivity contribution < 1.29 is 9.90 Å². The highest BCUT2D eigenvalue weighted by Gasteiger charge is 2.31. The zero-order chi connectivity index (χ0) is 10.6. The minimum atomic E-state index is -0.633. The Morgan fingerprint density at radius 3 is 2.93 bits per heavy atom. The van der Waals surface area contributed by atoms with Gasteiger partial charge in [0.2, 0.25) is 5.91 Å². The highest BCUT2D eigenvalue weighted by Crippen LogP contribution is 2.15. The number of hydrogen-bond donors (Lipinski definition) is 3. The molecular weight excluding hydrogens is 182 g/mol. The van der Waals surface area contributed by atoms with Crippen LogP contribution < -0.4 is 11.1 Å². The Balaban J connectivity index is 2.25. The van der Waals surface area contributed by atoms with E-state index >= 15 is 0 Å². The Hall–Kier alpha value is -0.650. The highest BCUT2D eigenvalue weighted by atomic mass is 16.3. The van der Waals surface area contributed by atoms with Gasteiger partial charge in [0.05, 0.1) is 5.60 Å². The summed E-state index contributed by atoms with van der Waals surface area (Å²) < 4.78 is 0. The van der Waals surface area contributed by atoms with Crippen LogP contribution >= 0.6 is 0 Å². The fraction of sp³-hybridized carbons (Fsp3) is 0.889.